The van der Waals surface area contributed by atoms with E-state index >= 15 is 0 Å². The van der Waals surface area contributed by atoms with Crippen molar-refractivity contribution < 1.29 is 22.4 Å². The summed E-state index contributed by atoms with van der Waals surface area (Å²) in [7, 11) is -3.92. The first-order chi connectivity index (χ1) is 15.9. The van der Waals surface area contributed by atoms with Gasteiger partial charge in [-0.1, -0.05) is 41.9 Å². The van der Waals surface area contributed by atoms with Gasteiger partial charge >= 0.3 is 0 Å². The topological polar surface area (TPSA) is 88.8 Å². The first-order valence-corrected chi connectivity index (χ1v) is 12.5. The van der Waals surface area contributed by atoms with Gasteiger partial charge in [-0.05, 0) is 48.7 Å². The minimum absolute atomic E-state index is 0.0482. The van der Waals surface area contributed by atoms with Crippen LogP contribution in [0.25, 0.3) is 0 Å². The van der Waals surface area contributed by atoms with E-state index in [4.69, 9.17) is 20.8 Å². The third kappa shape index (κ3) is 6.03. The average Bonchev–Trinajstić information content (AvgIpc) is 3.52. The van der Waals surface area contributed by atoms with E-state index in [9.17, 15) is 13.2 Å². The van der Waals surface area contributed by atoms with Gasteiger partial charge < -0.3 is 14.1 Å². The van der Waals surface area contributed by atoms with Gasteiger partial charge in [-0.2, -0.15) is 0 Å². The predicted molar refractivity (Wildman–Crippen MR) is 124 cm³/mol. The lowest BCUT2D eigenvalue weighted by Crippen LogP contribution is -2.33. The van der Waals surface area contributed by atoms with E-state index < -0.39 is 10.0 Å². The summed E-state index contributed by atoms with van der Waals surface area (Å²) in [5, 5.41) is 0.0482. The van der Waals surface area contributed by atoms with Gasteiger partial charge in [0.2, 0.25) is 10.0 Å². The summed E-state index contributed by atoms with van der Waals surface area (Å²) in [6, 6.07) is 17.4. The number of hydrogen-bond acceptors (Lipinski definition) is 5. The monoisotopic (exact) mass is 488 g/mol. The highest BCUT2D eigenvalue weighted by atomic mass is 35.5. The molecule has 1 saturated heterocycles. The summed E-state index contributed by atoms with van der Waals surface area (Å²) >= 11 is 6.21. The van der Waals surface area contributed by atoms with Crippen molar-refractivity contribution in [2.24, 2.45) is 0 Å². The van der Waals surface area contributed by atoms with E-state index in [0.29, 0.717) is 18.9 Å². The highest BCUT2D eigenvalue weighted by Crippen LogP contribution is 2.25. The molecule has 0 spiro atoms. The van der Waals surface area contributed by atoms with Crippen molar-refractivity contribution in [2.75, 3.05) is 13.2 Å². The number of amides is 1. The molecule has 1 fully saturated rings. The molecule has 0 bridgehead atoms. The average molecular weight is 489 g/mol. The first kappa shape index (κ1) is 23.5. The van der Waals surface area contributed by atoms with Crippen LogP contribution in [0.15, 0.2) is 76.2 Å². The second-order valence-corrected chi connectivity index (χ2v) is 10.0. The molecule has 2 aromatic carbocycles. The molecular weight excluding hydrogens is 464 g/mol. The van der Waals surface area contributed by atoms with Crippen LogP contribution in [-0.2, 0) is 27.8 Å². The molecule has 174 valence electrons. The van der Waals surface area contributed by atoms with Gasteiger partial charge in [0.15, 0.2) is 0 Å². The standard InChI is InChI=1S/C24H25ClN2O5S/c25-22-11-10-19(14-23(22)33(29,30)26-15-20-8-4-12-31-20)24(28)27(17-21-9-5-13-32-21)16-18-6-2-1-3-7-18/h1-3,5-7,9-11,13-14,20,26H,4,8,12,15-17H2. The Bertz CT molecular complexity index is 1180. The summed E-state index contributed by atoms with van der Waals surface area (Å²) in [6.07, 6.45) is 3.10. The Kier molecular flexibility index (Phi) is 7.49. The number of halogens is 1. The lowest BCUT2D eigenvalue weighted by molar-refractivity contribution is 0.0717. The number of nitrogens with one attached hydrogen (secondary N) is 1. The van der Waals surface area contributed by atoms with Crippen molar-refractivity contribution >= 4 is 27.5 Å². The molecule has 4 rings (SSSR count). The molecule has 1 aliphatic heterocycles. The molecule has 33 heavy (non-hydrogen) atoms. The molecule has 1 aliphatic rings. The summed E-state index contributed by atoms with van der Waals surface area (Å²) in [5.74, 6) is 0.293. The number of hydrogen-bond donors (Lipinski definition) is 1. The Hall–Kier alpha value is -2.65. The molecule has 0 aliphatic carbocycles. The van der Waals surface area contributed by atoms with Crippen LogP contribution in [0.4, 0.5) is 0 Å². The first-order valence-electron chi connectivity index (χ1n) is 10.7. The SMILES string of the molecule is O=C(c1ccc(Cl)c(S(=O)(=O)NCC2CCCO2)c1)N(Cc1ccccc1)Cc1ccco1. The molecule has 7 nitrogen and oxygen atoms in total. The second-order valence-electron chi connectivity index (χ2n) is 7.86. The van der Waals surface area contributed by atoms with Gasteiger partial charge in [0, 0.05) is 25.3 Å². The summed E-state index contributed by atoms with van der Waals surface area (Å²) < 4.78 is 39.3. The smallest absolute Gasteiger partial charge is 0.254 e. The molecule has 0 radical (unpaired) electrons. The summed E-state index contributed by atoms with van der Waals surface area (Å²) in [4.78, 5) is 14.9. The van der Waals surface area contributed by atoms with Crippen LogP contribution in [0.3, 0.4) is 0 Å². The quantitative estimate of drug-likeness (QED) is 0.487. The normalized spacial score (nSPS) is 16.1. The van der Waals surface area contributed by atoms with E-state index in [0.717, 1.165) is 18.4 Å². The van der Waals surface area contributed by atoms with Gasteiger partial charge in [0.05, 0.1) is 23.9 Å². The Balaban J connectivity index is 1.58. The zero-order valence-electron chi connectivity index (χ0n) is 17.9. The molecule has 3 aromatic rings. The lowest BCUT2D eigenvalue weighted by atomic mass is 10.1. The minimum atomic E-state index is -3.92. The van der Waals surface area contributed by atoms with Crippen molar-refractivity contribution in [3.05, 3.63) is 88.8 Å². The van der Waals surface area contributed by atoms with E-state index in [2.05, 4.69) is 4.72 Å². The third-order valence-electron chi connectivity index (χ3n) is 5.42. The molecular formula is C24H25ClN2O5S. The maximum Gasteiger partial charge on any atom is 0.254 e. The number of carbonyl (C=O) groups excluding carboxylic acids is 1. The van der Waals surface area contributed by atoms with Crippen LogP contribution in [0, 0.1) is 0 Å². The molecule has 1 atom stereocenters. The number of sulfonamides is 1. The van der Waals surface area contributed by atoms with Crippen LogP contribution in [0.2, 0.25) is 5.02 Å². The van der Waals surface area contributed by atoms with Crippen LogP contribution >= 0.6 is 11.6 Å². The number of ether oxygens (including phenoxy) is 1. The van der Waals surface area contributed by atoms with Gasteiger partial charge in [0.1, 0.15) is 10.7 Å². The van der Waals surface area contributed by atoms with E-state index in [1.54, 1.807) is 23.3 Å². The Morgan fingerprint density at radius 3 is 2.61 bits per heavy atom. The van der Waals surface area contributed by atoms with E-state index in [-0.39, 0.29) is 40.6 Å². The lowest BCUT2D eigenvalue weighted by Gasteiger charge is -2.22. The van der Waals surface area contributed by atoms with Crippen molar-refractivity contribution in [3.63, 3.8) is 0 Å². The van der Waals surface area contributed by atoms with Crippen molar-refractivity contribution in [1.29, 1.82) is 0 Å². The molecule has 9 heteroatoms. The van der Waals surface area contributed by atoms with Crippen molar-refractivity contribution in [2.45, 2.75) is 36.9 Å². The van der Waals surface area contributed by atoms with Gasteiger partial charge in [-0.25, -0.2) is 13.1 Å². The third-order valence-corrected chi connectivity index (χ3v) is 7.33. The number of rotatable bonds is 9. The Morgan fingerprint density at radius 2 is 1.91 bits per heavy atom. The minimum Gasteiger partial charge on any atom is -0.467 e. The van der Waals surface area contributed by atoms with Gasteiger partial charge in [-0.15, -0.1) is 0 Å². The zero-order chi connectivity index (χ0) is 23.3. The number of carbonyl (C=O) groups is 1. The van der Waals surface area contributed by atoms with E-state index in [1.165, 1.54) is 18.2 Å². The largest absolute Gasteiger partial charge is 0.467 e. The maximum absolute atomic E-state index is 13.4. The second kappa shape index (κ2) is 10.5. The molecule has 2 heterocycles. The fourth-order valence-corrected chi connectivity index (χ4v) is 5.29. The molecule has 1 unspecified atom stereocenters. The Morgan fingerprint density at radius 1 is 1.09 bits per heavy atom. The van der Waals surface area contributed by atoms with Gasteiger partial charge in [0.25, 0.3) is 5.91 Å². The highest BCUT2D eigenvalue weighted by molar-refractivity contribution is 7.89. The zero-order valence-corrected chi connectivity index (χ0v) is 19.5. The molecule has 0 saturated carbocycles. The Labute approximate surface area is 198 Å². The summed E-state index contributed by atoms with van der Waals surface area (Å²) in [5.41, 5.74) is 1.16. The van der Waals surface area contributed by atoms with Crippen LogP contribution in [0.1, 0.15) is 34.5 Å². The number of furan rings is 1. The van der Waals surface area contributed by atoms with Crippen molar-refractivity contribution in [3.8, 4) is 0 Å². The fraction of sp³-hybridized carbons (Fsp3) is 0.292. The van der Waals surface area contributed by atoms with Crippen LogP contribution < -0.4 is 4.72 Å². The fourth-order valence-electron chi connectivity index (χ4n) is 3.70. The van der Waals surface area contributed by atoms with Crippen LogP contribution in [-0.4, -0.2) is 38.5 Å². The number of benzene rings is 2. The highest BCUT2D eigenvalue weighted by Gasteiger charge is 2.25. The van der Waals surface area contributed by atoms with Gasteiger partial charge in [-0.3, -0.25) is 4.79 Å². The molecule has 1 aromatic heterocycles. The molecule has 1 amide bonds. The predicted octanol–water partition coefficient (Wildman–Crippen LogP) is 4.23. The van der Waals surface area contributed by atoms with Crippen LogP contribution in [0.5, 0.6) is 0 Å². The number of nitrogens with zero attached hydrogens (tertiary/aromatic N) is 1. The van der Waals surface area contributed by atoms with E-state index in [1.807, 2.05) is 30.3 Å². The maximum atomic E-state index is 13.4. The van der Waals surface area contributed by atoms with Crippen molar-refractivity contribution in [1.82, 2.24) is 9.62 Å². The summed E-state index contributed by atoms with van der Waals surface area (Å²) in [6.45, 7) is 1.37. The molecule has 1 N–H and O–H groups in total.